The molecule has 3 amide bonds. The number of alkyl halides is 2. The molecule has 1 aromatic rings. The van der Waals surface area contributed by atoms with E-state index in [9.17, 15) is 18.8 Å². The zero-order valence-electron chi connectivity index (χ0n) is 24.7. The largest absolute Gasteiger partial charge is 0.379 e. The summed E-state index contributed by atoms with van der Waals surface area (Å²) in [7, 11) is 0. The number of amides is 3. The fourth-order valence-corrected chi connectivity index (χ4v) is 6.67. The van der Waals surface area contributed by atoms with E-state index in [0.29, 0.717) is 32.3 Å². The van der Waals surface area contributed by atoms with E-state index in [4.69, 9.17) is 4.74 Å². The van der Waals surface area contributed by atoms with Gasteiger partial charge in [-0.2, -0.15) is 0 Å². The summed E-state index contributed by atoms with van der Waals surface area (Å²) in [6.07, 6.45) is 5.41. The molecule has 2 unspecified atom stereocenters. The van der Waals surface area contributed by atoms with Crippen molar-refractivity contribution in [3.05, 3.63) is 64.3 Å². The number of aryl methyl sites for hydroxylation is 1. The monoisotopic (exact) mass is 601 g/mol. The van der Waals surface area contributed by atoms with Crippen molar-refractivity contribution in [1.82, 2.24) is 25.4 Å². The molecule has 3 aliphatic heterocycles. The van der Waals surface area contributed by atoms with Crippen LogP contribution in [0.15, 0.2) is 41.8 Å². The maximum absolute atomic E-state index is 15.8. The molecule has 1 aromatic heterocycles. The average molecular weight is 602 g/mol. The topological polar surface area (TPSA) is 107 Å². The second-order valence-electron chi connectivity index (χ2n) is 11.8. The van der Waals surface area contributed by atoms with Crippen molar-refractivity contribution in [2.75, 3.05) is 39.4 Å². The lowest BCUT2D eigenvalue weighted by Gasteiger charge is -2.40. The van der Waals surface area contributed by atoms with Gasteiger partial charge >= 0.3 is 0 Å². The molecule has 12 heteroatoms. The zero-order valence-corrected chi connectivity index (χ0v) is 24.7. The second kappa shape index (κ2) is 11.8. The summed E-state index contributed by atoms with van der Waals surface area (Å²) in [5.74, 6) is -5.71. The van der Waals surface area contributed by atoms with Crippen LogP contribution in [0.2, 0.25) is 0 Å². The van der Waals surface area contributed by atoms with Crippen LogP contribution in [0, 0.1) is 6.92 Å². The van der Waals surface area contributed by atoms with Gasteiger partial charge in [-0.25, -0.2) is 13.2 Å². The Hall–Kier alpha value is -3.64. The molecule has 3 fully saturated rings. The van der Waals surface area contributed by atoms with Crippen LogP contribution in [0.25, 0.3) is 6.08 Å². The van der Waals surface area contributed by atoms with Crippen molar-refractivity contribution >= 4 is 23.8 Å². The smallest absolute Gasteiger partial charge is 0.279 e. The van der Waals surface area contributed by atoms with Crippen LogP contribution >= 0.6 is 0 Å². The van der Waals surface area contributed by atoms with Gasteiger partial charge in [-0.05, 0) is 50.5 Å². The van der Waals surface area contributed by atoms with Gasteiger partial charge in [0.2, 0.25) is 5.91 Å². The van der Waals surface area contributed by atoms with Crippen LogP contribution in [-0.4, -0.2) is 89.5 Å². The van der Waals surface area contributed by atoms with Crippen LogP contribution in [-0.2, 0) is 20.2 Å². The number of H-pyrrole nitrogens is 1. The molecular formula is C31H38F3N5O4. The number of ether oxygens (including phenoxy) is 1. The van der Waals surface area contributed by atoms with E-state index < -0.39 is 53.0 Å². The molecule has 0 bridgehead atoms. The fourth-order valence-electron chi connectivity index (χ4n) is 6.67. The van der Waals surface area contributed by atoms with Crippen molar-refractivity contribution in [2.24, 2.45) is 0 Å². The number of fused-ring (bicyclic) bond motifs is 1. The van der Waals surface area contributed by atoms with Gasteiger partial charge in [0.25, 0.3) is 17.7 Å². The first-order chi connectivity index (χ1) is 20.4. The first-order valence-corrected chi connectivity index (χ1v) is 14.6. The number of halogens is 3. The van der Waals surface area contributed by atoms with Crippen LogP contribution in [0.5, 0.6) is 0 Å². The molecule has 4 heterocycles. The van der Waals surface area contributed by atoms with E-state index in [1.54, 1.807) is 18.7 Å². The maximum Gasteiger partial charge on any atom is 0.279 e. The van der Waals surface area contributed by atoms with Crippen molar-refractivity contribution in [3.63, 3.8) is 0 Å². The van der Waals surface area contributed by atoms with E-state index in [1.807, 2.05) is 0 Å². The van der Waals surface area contributed by atoms with Gasteiger partial charge in [0.1, 0.15) is 5.83 Å². The Morgan fingerprint density at radius 3 is 2.53 bits per heavy atom. The van der Waals surface area contributed by atoms with Crippen LogP contribution < -0.4 is 10.6 Å². The first-order valence-electron chi connectivity index (χ1n) is 14.6. The molecule has 0 spiro atoms. The predicted octanol–water partition coefficient (Wildman–Crippen LogP) is 3.50. The van der Waals surface area contributed by atoms with E-state index in [2.05, 4.69) is 27.1 Å². The Labute approximate surface area is 248 Å². The van der Waals surface area contributed by atoms with E-state index in [0.717, 1.165) is 38.1 Å². The molecule has 1 aliphatic carbocycles. The summed E-state index contributed by atoms with van der Waals surface area (Å²) in [4.78, 5) is 45.8. The molecule has 0 saturated carbocycles. The normalized spacial score (nSPS) is 26.1. The summed E-state index contributed by atoms with van der Waals surface area (Å²) in [5.41, 5.74) is -1.57. The number of likely N-dealkylation sites (tertiary alicyclic amines) is 1. The quantitative estimate of drug-likeness (QED) is 0.328. The van der Waals surface area contributed by atoms with Crippen LogP contribution in [0.1, 0.15) is 60.4 Å². The number of carbonyl (C=O) groups excluding carboxylic acids is 3. The average Bonchev–Trinajstić information content (AvgIpc) is 3.42. The third-order valence-corrected chi connectivity index (χ3v) is 8.86. The van der Waals surface area contributed by atoms with E-state index in [-0.39, 0.29) is 28.1 Å². The molecule has 4 aliphatic rings. The minimum absolute atomic E-state index is 0.0386. The Balaban J connectivity index is 1.50. The Kier molecular flexibility index (Phi) is 8.45. The number of aromatic amines is 1. The summed E-state index contributed by atoms with van der Waals surface area (Å²) in [6, 6.07) is -0.596. The van der Waals surface area contributed by atoms with Crippen molar-refractivity contribution < 1.29 is 32.3 Å². The molecule has 232 valence electrons. The van der Waals surface area contributed by atoms with Gasteiger partial charge in [0.15, 0.2) is 0 Å². The van der Waals surface area contributed by atoms with Gasteiger partial charge in [0.05, 0.1) is 35.9 Å². The molecule has 0 radical (unpaired) electrons. The molecular weight excluding hydrogens is 563 g/mol. The van der Waals surface area contributed by atoms with Crippen LogP contribution in [0.4, 0.5) is 13.2 Å². The lowest BCUT2D eigenvalue weighted by molar-refractivity contribution is -0.121. The van der Waals surface area contributed by atoms with Gasteiger partial charge < -0.3 is 25.3 Å². The van der Waals surface area contributed by atoms with Gasteiger partial charge in [-0.1, -0.05) is 6.08 Å². The third-order valence-electron chi connectivity index (χ3n) is 8.86. The Morgan fingerprint density at radius 1 is 1.23 bits per heavy atom. The summed E-state index contributed by atoms with van der Waals surface area (Å²) in [6.45, 7) is 11.8. The minimum Gasteiger partial charge on any atom is -0.379 e. The highest BCUT2D eigenvalue weighted by Gasteiger charge is 2.50. The predicted molar refractivity (Wildman–Crippen MR) is 155 cm³/mol. The number of nitrogens with zero attached hydrogens (tertiary/aromatic N) is 2. The lowest BCUT2D eigenvalue weighted by Crippen LogP contribution is -2.57. The highest BCUT2D eigenvalue weighted by Crippen LogP contribution is 2.43. The van der Waals surface area contributed by atoms with Crippen molar-refractivity contribution in [3.8, 4) is 0 Å². The van der Waals surface area contributed by atoms with Gasteiger partial charge in [0, 0.05) is 62.5 Å². The maximum atomic E-state index is 15.8. The number of carbonyl (C=O) groups is 3. The minimum atomic E-state index is -3.49. The zero-order chi connectivity index (χ0) is 31.1. The highest BCUT2D eigenvalue weighted by atomic mass is 19.3. The molecule has 43 heavy (non-hydrogen) atoms. The SMILES string of the molecule is C=CCC(F)(F)c1c(/C=C2\C(=O)NC3(C)C2=CC(F)=CC3NC(C)=O)[nH]c(C)c1C(=O)N1CCC(N2CCOCC2)CC1. The second-order valence-corrected chi connectivity index (χ2v) is 11.8. The molecule has 3 saturated heterocycles. The number of nitrogens with one attached hydrogen (secondary N) is 3. The van der Waals surface area contributed by atoms with E-state index >= 15 is 8.78 Å². The number of hydrogen-bond donors (Lipinski definition) is 3. The van der Waals surface area contributed by atoms with Gasteiger partial charge in [-0.3, -0.25) is 19.3 Å². The number of allylic oxidation sites excluding steroid dienone is 3. The van der Waals surface area contributed by atoms with Crippen molar-refractivity contribution in [1.29, 1.82) is 0 Å². The fraction of sp³-hybridized carbons (Fsp3) is 0.516. The molecule has 0 aromatic carbocycles. The molecule has 5 rings (SSSR count). The first kappa shape index (κ1) is 30.8. The number of piperidine rings is 1. The number of aromatic nitrogens is 1. The van der Waals surface area contributed by atoms with E-state index in [1.165, 1.54) is 19.1 Å². The summed E-state index contributed by atoms with van der Waals surface area (Å²) < 4.78 is 51.8. The van der Waals surface area contributed by atoms with Gasteiger partial charge in [-0.15, -0.1) is 6.58 Å². The Bertz CT molecular complexity index is 1420. The highest BCUT2D eigenvalue weighted by molar-refractivity contribution is 6.08. The number of hydrogen-bond acceptors (Lipinski definition) is 5. The summed E-state index contributed by atoms with van der Waals surface area (Å²) in [5, 5.41) is 5.42. The lowest BCUT2D eigenvalue weighted by atomic mass is 9.80. The number of morpholine rings is 1. The number of rotatable bonds is 7. The molecule has 9 nitrogen and oxygen atoms in total. The standard InChI is InChI=1S/C31H38F3N5O4/c1-5-8-31(33,34)27-24(17-22-23-15-20(32)16-25(36-19(3)40)30(23,4)37-28(22)41)35-18(2)26(27)29(42)39-9-6-21(7-10-39)38-11-13-43-14-12-38/h5,15-17,21,25,35H,1,6-14H2,2-4H3,(H,36,40)(H,37,41)/b22-17-. The summed E-state index contributed by atoms with van der Waals surface area (Å²) >= 11 is 0. The third kappa shape index (κ3) is 5.82. The van der Waals surface area contributed by atoms with Crippen LogP contribution in [0.3, 0.4) is 0 Å². The van der Waals surface area contributed by atoms with Crippen molar-refractivity contribution in [2.45, 2.75) is 63.6 Å². The molecule has 2 atom stereocenters. The molecule has 3 N–H and O–H groups in total. The Morgan fingerprint density at radius 2 is 1.91 bits per heavy atom.